The van der Waals surface area contributed by atoms with Crippen LogP contribution in [0.15, 0.2) is 58.5 Å². The third kappa shape index (κ3) is 5.84. The van der Waals surface area contributed by atoms with Crippen LogP contribution in [0.25, 0.3) is 10.9 Å². The van der Waals surface area contributed by atoms with Gasteiger partial charge in [-0.3, -0.25) is 9.36 Å². The van der Waals surface area contributed by atoms with Gasteiger partial charge in [0.1, 0.15) is 5.75 Å². The number of thioether (sulfide) groups is 1. The van der Waals surface area contributed by atoms with Crippen molar-refractivity contribution in [2.75, 3.05) is 19.5 Å². The van der Waals surface area contributed by atoms with Crippen molar-refractivity contribution in [2.24, 2.45) is 0 Å². The Morgan fingerprint density at radius 2 is 1.86 bits per heavy atom. The Morgan fingerprint density at radius 1 is 1.10 bits per heavy atom. The van der Waals surface area contributed by atoms with Crippen LogP contribution in [0.1, 0.15) is 25.8 Å². The Morgan fingerprint density at radius 3 is 2.59 bits per heavy atom. The third-order valence-corrected chi connectivity index (χ3v) is 5.56. The molecule has 0 unspecified atom stereocenters. The number of aromatic nitrogens is 2. The van der Waals surface area contributed by atoms with Crippen molar-refractivity contribution < 1.29 is 9.47 Å². The van der Waals surface area contributed by atoms with Gasteiger partial charge in [0.05, 0.1) is 24.1 Å². The van der Waals surface area contributed by atoms with Crippen LogP contribution in [0.4, 0.5) is 0 Å². The van der Waals surface area contributed by atoms with Gasteiger partial charge < -0.3 is 9.47 Å². The van der Waals surface area contributed by atoms with Gasteiger partial charge in [0.15, 0.2) is 5.16 Å². The maximum atomic E-state index is 13.0. The number of hydrogen-bond acceptors (Lipinski definition) is 5. The summed E-state index contributed by atoms with van der Waals surface area (Å²) < 4.78 is 12.6. The van der Waals surface area contributed by atoms with Gasteiger partial charge in [-0.25, -0.2) is 4.98 Å². The first-order valence-corrected chi connectivity index (χ1v) is 10.9. The average Bonchev–Trinajstić information content (AvgIpc) is 2.73. The number of ether oxygens (including phenoxy) is 2. The number of methoxy groups -OCH3 is 1. The minimum Gasteiger partial charge on any atom is -0.497 e. The standard InChI is InChI=1S/C23H28N2O3S/c1-17(2)28-15-6-14-25-22(26)20-7-4-5-8-21(20)24-23(25)29-16-13-18-9-11-19(27-3)12-10-18/h4-5,7-12,17H,6,13-16H2,1-3H3. The van der Waals surface area contributed by atoms with Gasteiger partial charge in [0.2, 0.25) is 0 Å². The predicted molar refractivity (Wildman–Crippen MR) is 119 cm³/mol. The Bertz CT molecular complexity index is 984. The van der Waals surface area contributed by atoms with Gasteiger partial charge in [-0.2, -0.15) is 0 Å². The van der Waals surface area contributed by atoms with Crippen LogP contribution in [0, 0.1) is 0 Å². The molecule has 0 amide bonds. The first-order valence-electron chi connectivity index (χ1n) is 9.95. The highest BCUT2D eigenvalue weighted by atomic mass is 32.2. The minimum atomic E-state index is 0.0205. The van der Waals surface area contributed by atoms with E-state index in [1.165, 1.54) is 5.56 Å². The molecule has 0 radical (unpaired) electrons. The molecule has 0 N–H and O–H groups in total. The van der Waals surface area contributed by atoms with Gasteiger partial charge in [-0.1, -0.05) is 36.0 Å². The molecule has 3 rings (SSSR count). The van der Waals surface area contributed by atoms with E-state index in [0.29, 0.717) is 18.5 Å². The lowest BCUT2D eigenvalue weighted by atomic mass is 10.2. The van der Waals surface area contributed by atoms with Gasteiger partial charge in [0.25, 0.3) is 5.56 Å². The van der Waals surface area contributed by atoms with E-state index >= 15 is 0 Å². The molecule has 0 aliphatic rings. The fourth-order valence-electron chi connectivity index (χ4n) is 3.05. The monoisotopic (exact) mass is 412 g/mol. The SMILES string of the molecule is COc1ccc(CCSc2nc3ccccc3c(=O)n2CCCOC(C)C)cc1. The molecule has 154 valence electrons. The van der Waals surface area contributed by atoms with Crippen LogP contribution < -0.4 is 10.3 Å². The fourth-order valence-corrected chi connectivity index (χ4v) is 4.06. The molecule has 0 aliphatic carbocycles. The largest absolute Gasteiger partial charge is 0.497 e. The molecule has 5 nitrogen and oxygen atoms in total. The molecule has 0 spiro atoms. The number of nitrogens with zero attached hydrogens (tertiary/aromatic N) is 2. The van der Waals surface area contributed by atoms with Gasteiger partial charge in [-0.15, -0.1) is 0 Å². The normalized spacial score (nSPS) is 11.3. The molecule has 0 saturated carbocycles. The molecule has 0 atom stereocenters. The average molecular weight is 413 g/mol. The van der Waals surface area contributed by atoms with E-state index in [1.54, 1.807) is 23.4 Å². The van der Waals surface area contributed by atoms with Crippen molar-refractivity contribution in [1.82, 2.24) is 9.55 Å². The van der Waals surface area contributed by atoms with Crippen LogP contribution in [0.5, 0.6) is 5.75 Å². The van der Waals surface area contributed by atoms with E-state index in [-0.39, 0.29) is 11.7 Å². The van der Waals surface area contributed by atoms with Crippen molar-refractivity contribution in [3.8, 4) is 5.75 Å². The van der Waals surface area contributed by atoms with E-state index in [1.807, 2.05) is 50.2 Å². The molecule has 3 aromatic rings. The van der Waals surface area contributed by atoms with Crippen molar-refractivity contribution in [2.45, 2.75) is 44.5 Å². The summed E-state index contributed by atoms with van der Waals surface area (Å²) in [6.07, 6.45) is 1.87. The second kappa shape index (κ2) is 10.5. The van der Waals surface area contributed by atoms with E-state index < -0.39 is 0 Å². The van der Waals surface area contributed by atoms with Crippen molar-refractivity contribution in [3.05, 3.63) is 64.4 Å². The van der Waals surface area contributed by atoms with Crippen molar-refractivity contribution >= 4 is 22.7 Å². The summed E-state index contributed by atoms with van der Waals surface area (Å²) in [7, 11) is 1.67. The summed E-state index contributed by atoms with van der Waals surface area (Å²) in [5.74, 6) is 1.70. The molecule has 0 saturated heterocycles. The van der Waals surface area contributed by atoms with E-state index in [9.17, 15) is 4.79 Å². The number of fused-ring (bicyclic) bond motifs is 1. The number of para-hydroxylation sites is 1. The molecule has 0 fully saturated rings. The summed E-state index contributed by atoms with van der Waals surface area (Å²) in [4.78, 5) is 17.8. The second-order valence-electron chi connectivity index (χ2n) is 7.09. The van der Waals surface area contributed by atoms with Crippen LogP contribution in [0.3, 0.4) is 0 Å². The Kier molecular flexibility index (Phi) is 7.72. The highest BCUT2D eigenvalue weighted by molar-refractivity contribution is 7.99. The number of benzene rings is 2. The number of rotatable bonds is 10. The predicted octanol–water partition coefficient (Wildman–Crippen LogP) is 4.56. The lowest BCUT2D eigenvalue weighted by molar-refractivity contribution is 0.0743. The van der Waals surface area contributed by atoms with Gasteiger partial charge >= 0.3 is 0 Å². The topological polar surface area (TPSA) is 53.3 Å². The summed E-state index contributed by atoms with van der Waals surface area (Å²) in [6.45, 7) is 5.27. The fraction of sp³-hybridized carbons (Fsp3) is 0.391. The molecule has 6 heteroatoms. The van der Waals surface area contributed by atoms with Crippen LogP contribution in [-0.4, -0.2) is 35.1 Å². The Labute approximate surface area is 176 Å². The van der Waals surface area contributed by atoms with Gasteiger partial charge in [-0.05, 0) is 56.5 Å². The molecule has 1 aromatic heterocycles. The van der Waals surface area contributed by atoms with Crippen molar-refractivity contribution in [1.29, 1.82) is 0 Å². The van der Waals surface area contributed by atoms with Gasteiger partial charge in [0, 0.05) is 18.9 Å². The summed E-state index contributed by atoms with van der Waals surface area (Å²) >= 11 is 1.62. The lowest BCUT2D eigenvalue weighted by Gasteiger charge is -2.14. The van der Waals surface area contributed by atoms with Crippen LogP contribution >= 0.6 is 11.8 Å². The van der Waals surface area contributed by atoms with E-state index in [2.05, 4.69) is 12.1 Å². The maximum absolute atomic E-state index is 13.0. The highest BCUT2D eigenvalue weighted by Gasteiger charge is 2.11. The zero-order valence-corrected chi connectivity index (χ0v) is 18.1. The highest BCUT2D eigenvalue weighted by Crippen LogP contribution is 2.20. The molecule has 29 heavy (non-hydrogen) atoms. The quantitative estimate of drug-likeness (QED) is 0.278. The lowest BCUT2D eigenvalue weighted by Crippen LogP contribution is -2.24. The summed E-state index contributed by atoms with van der Waals surface area (Å²) in [5.41, 5.74) is 2.00. The molecule has 0 aliphatic heterocycles. The Balaban J connectivity index is 1.74. The Hall–Kier alpha value is -2.31. The zero-order chi connectivity index (χ0) is 20.6. The molecular formula is C23H28N2O3S. The zero-order valence-electron chi connectivity index (χ0n) is 17.3. The van der Waals surface area contributed by atoms with E-state index in [4.69, 9.17) is 14.5 Å². The second-order valence-corrected chi connectivity index (χ2v) is 8.15. The van der Waals surface area contributed by atoms with Crippen LogP contribution in [0.2, 0.25) is 0 Å². The first-order chi connectivity index (χ1) is 14.1. The molecule has 1 heterocycles. The summed E-state index contributed by atoms with van der Waals surface area (Å²) in [6, 6.07) is 15.6. The maximum Gasteiger partial charge on any atom is 0.262 e. The molecule has 2 aromatic carbocycles. The molecular weight excluding hydrogens is 384 g/mol. The molecule has 0 bridgehead atoms. The van der Waals surface area contributed by atoms with E-state index in [0.717, 1.165) is 35.0 Å². The third-order valence-electron chi connectivity index (χ3n) is 4.58. The number of aryl methyl sites for hydroxylation is 1. The first kappa shape index (κ1) is 21.4. The summed E-state index contributed by atoms with van der Waals surface area (Å²) in [5, 5.41) is 1.43. The van der Waals surface area contributed by atoms with Crippen molar-refractivity contribution in [3.63, 3.8) is 0 Å². The smallest absolute Gasteiger partial charge is 0.262 e. The van der Waals surface area contributed by atoms with Crippen LogP contribution in [-0.2, 0) is 17.7 Å². The minimum absolute atomic E-state index is 0.0205. The number of hydrogen-bond donors (Lipinski definition) is 0.